The molecule has 21 heavy (non-hydrogen) atoms. The van der Waals surface area contributed by atoms with Crippen LogP contribution in [-0.4, -0.2) is 61.0 Å². The van der Waals surface area contributed by atoms with E-state index in [1.165, 1.54) is 12.8 Å². The summed E-state index contributed by atoms with van der Waals surface area (Å²) in [5.74, 6) is 1.23. The maximum Gasteiger partial charge on any atom is 0.237 e. The molecule has 0 aromatic heterocycles. The molecule has 1 heterocycles. The molecule has 4 nitrogen and oxygen atoms in total. The maximum absolute atomic E-state index is 12.4. The van der Waals surface area contributed by atoms with Gasteiger partial charge in [-0.1, -0.05) is 20.8 Å². The second-order valence-corrected chi connectivity index (χ2v) is 7.88. The number of likely N-dealkylation sites (tertiary alicyclic amines) is 1. The van der Waals surface area contributed by atoms with E-state index >= 15 is 0 Å². The summed E-state index contributed by atoms with van der Waals surface area (Å²) in [6.45, 7) is 14.0. The van der Waals surface area contributed by atoms with Gasteiger partial charge in [-0.3, -0.25) is 14.6 Å². The van der Waals surface area contributed by atoms with Gasteiger partial charge in [0.1, 0.15) is 0 Å². The van der Waals surface area contributed by atoms with Crippen LogP contribution >= 0.6 is 0 Å². The number of nitrogens with one attached hydrogen (secondary N) is 1. The molecule has 1 aliphatic rings. The predicted molar refractivity (Wildman–Crippen MR) is 89.4 cm³/mol. The van der Waals surface area contributed by atoms with Crippen LogP contribution in [0.3, 0.4) is 0 Å². The minimum absolute atomic E-state index is 0.0260. The number of amides is 1. The van der Waals surface area contributed by atoms with E-state index in [-0.39, 0.29) is 17.5 Å². The Morgan fingerprint density at radius 1 is 1.38 bits per heavy atom. The van der Waals surface area contributed by atoms with E-state index in [1.807, 2.05) is 19.0 Å². The van der Waals surface area contributed by atoms with Crippen LogP contribution in [0.5, 0.6) is 0 Å². The van der Waals surface area contributed by atoms with E-state index in [2.05, 4.69) is 44.8 Å². The van der Waals surface area contributed by atoms with Crippen molar-refractivity contribution in [2.24, 2.45) is 11.8 Å². The zero-order valence-corrected chi connectivity index (χ0v) is 15.1. The second-order valence-electron chi connectivity index (χ2n) is 7.88. The van der Waals surface area contributed by atoms with E-state index in [4.69, 9.17) is 0 Å². The van der Waals surface area contributed by atoms with Gasteiger partial charge in [0.15, 0.2) is 0 Å². The molecule has 1 saturated heterocycles. The molecule has 0 aromatic rings. The molecule has 1 N–H and O–H groups in total. The summed E-state index contributed by atoms with van der Waals surface area (Å²) in [5.41, 5.74) is 0.0260. The molecule has 0 saturated carbocycles. The number of carbonyl (C=O) groups is 1. The van der Waals surface area contributed by atoms with Crippen LogP contribution in [0, 0.1) is 11.8 Å². The predicted octanol–water partition coefficient (Wildman–Crippen LogP) is 2.20. The van der Waals surface area contributed by atoms with Crippen LogP contribution in [-0.2, 0) is 4.79 Å². The van der Waals surface area contributed by atoms with E-state index < -0.39 is 0 Å². The fourth-order valence-corrected chi connectivity index (χ4v) is 3.39. The smallest absolute Gasteiger partial charge is 0.237 e. The zero-order valence-electron chi connectivity index (χ0n) is 15.1. The van der Waals surface area contributed by atoms with Crippen LogP contribution in [0.25, 0.3) is 0 Å². The molecule has 1 rings (SSSR count). The van der Waals surface area contributed by atoms with Crippen molar-refractivity contribution >= 4 is 5.91 Å². The Bertz CT molecular complexity index is 331. The monoisotopic (exact) mass is 297 g/mol. The van der Waals surface area contributed by atoms with Gasteiger partial charge in [0.25, 0.3) is 0 Å². The average molecular weight is 297 g/mol. The van der Waals surface area contributed by atoms with Gasteiger partial charge in [0.2, 0.25) is 5.91 Å². The first-order valence-corrected chi connectivity index (χ1v) is 8.34. The number of likely N-dealkylation sites (N-methyl/N-ethyl adjacent to an activating group) is 1. The number of piperidine rings is 1. The number of hydrogen-bond donors (Lipinski definition) is 1. The SMILES string of the molecule is CC(C)[C@@H](C(=O)NCC(C)(C)N1CCC[C@H](C)C1)N(C)C. The summed E-state index contributed by atoms with van der Waals surface area (Å²) in [6, 6.07) is -0.0546. The normalized spacial score (nSPS) is 22.6. The van der Waals surface area contributed by atoms with Gasteiger partial charge in [-0.15, -0.1) is 0 Å². The van der Waals surface area contributed by atoms with Crippen molar-refractivity contribution in [3.05, 3.63) is 0 Å². The van der Waals surface area contributed by atoms with Gasteiger partial charge in [0.05, 0.1) is 6.04 Å². The maximum atomic E-state index is 12.4. The molecular weight excluding hydrogens is 262 g/mol. The Hall–Kier alpha value is -0.610. The minimum Gasteiger partial charge on any atom is -0.353 e. The molecule has 0 aromatic carbocycles. The molecule has 1 amide bonds. The third-order valence-electron chi connectivity index (χ3n) is 4.66. The Balaban J connectivity index is 2.57. The number of hydrogen-bond acceptors (Lipinski definition) is 3. The molecular formula is C17H35N3O. The van der Waals surface area contributed by atoms with Gasteiger partial charge in [-0.05, 0) is 59.2 Å². The fourth-order valence-electron chi connectivity index (χ4n) is 3.39. The number of rotatable bonds is 6. The molecule has 0 unspecified atom stereocenters. The minimum atomic E-state index is -0.0546. The standard InChI is InChI=1S/C17H35N3O/c1-13(2)15(19(6)7)16(21)18-12-17(4,5)20-10-8-9-14(3)11-20/h13-15H,8-12H2,1-7H3,(H,18,21)/t14-,15-/m0/s1. The molecule has 0 bridgehead atoms. The molecule has 0 radical (unpaired) electrons. The first kappa shape index (κ1) is 18.4. The lowest BCUT2D eigenvalue weighted by atomic mass is 9.93. The van der Waals surface area contributed by atoms with Gasteiger partial charge in [-0.25, -0.2) is 0 Å². The number of nitrogens with zero attached hydrogens (tertiary/aromatic N) is 2. The molecule has 4 heteroatoms. The fraction of sp³-hybridized carbons (Fsp3) is 0.941. The van der Waals surface area contributed by atoms with Crippen molar-refractivity contribution < 1.29 is 4.79 Å². The summed E-state index contributed by atoms with van der Waals surface area (Å²) in [7, 11) is 3.95. The van der Waals surface area contributed by atoms with Crippen LogP contribution in [0.1, 0.15) is 47.5 Å². The molecule has 0 spiro atoms. The van der Waals surface area contributed by atoms with Crippen LogP contribution in [0.2, 0.25) is 0 Å². The topological polar surface area (TPSA) is 35.6 Å². The molecule has 2 atom stereocenters. The highest BCUT2D eigenvalue weighted by Crippen LogP contribution is 2.23. The van der Waals surface area contributed by atoms with Crippen LogP contribution < -0.4 is 5.32 Å². The largest absolute Gasteiger partial charge is 0.353 e. The first-order valence-electron chi connectivity index (χ1n) is 8.34. The van der Waals surface area contributed by atoms with E-state index in [0.717, 1.165) is 25.6 Å². The van der Waals surface area contributed by atoms with Crippen molar-refractivity contribution in [2.45, 2.75) is 59.0 Å². The lowest BCUT2D eigenvalue weighted by molar-refractivity contribution is -0.127. The van der Waals surface area contributed by atoms with E-state index in [1.54, 1.807) is 0 Å². The van der Waals surface area contributed by atoms with Gasteiger partial charge < -0.3 is 5.32 Å². The van der Waals surface area contributed by atoms with Crippen molar-refractivity contribution in [3.63, 3.8) is 0 Å². The van der Waals surface area contributed by atoms with E-state index in [9.17, 15) is 4.79 Å². The molecule has 0 aliphatic carbocycles. The zero-order chi connectivity index (χ0) is 16.2. The highest BCUT2D eigenvalue weighted by Gasteiger charge is 2.32. The summed E-state index contributed by atoms with van der Waals surface area (Å²) in [5, 5.41) is 3.18. The van der Waals surface area contributed by atoms with Crippen molar-refractivity contribution in [3.8, 4) is 0 Å². The molecule has 124 valence electrons. The summed E-state index contributed by atoms with van der Waals surface area (Å²) in [4.78, 5) is 17.0. The van der Waals surface area contributed by atoms with Crippen molar-refractivity contribution in [2.75, 3.05) is 33.7 Å². The van der Waals surface area contributed by atoms with Gasteiger partial charge in [-0.2, -0.15) is 0 Å². The Morgan fingerprint density at radius 2 is 2.00 bits per heavy atom. The van der Waals surface area contributed by atoms with Crippen LogP contribution in [0.15, 0.2) is 0 Å². The van der Waals surface area contributed by atoms with Crippen LogP contribution in [0.4, 0.5) is 0 Å². The summed E-state index contributed by atoms with van der Waals surface area (Å²) >= 11 is 0. The van der Waals surface area contributed by atoms with Crippen molar-refractivity contribution in [1.29, 1.82) is 0 Å². The average Bonchev–Trinajstić information content (AvgIpc) is 2.35. The summed E-state index contributed by atoms with van der Waals surface area (Å²) in [6.07, 6.45) is 2.60. The quantitative estimate of drug-likeness (QED) is 0.816. The Kier molecular flexibility index (Phi) is 6.67. The third kappa shape index (κ3) is 5.26. The second kappa shape index (κ2) is 7.59. The lowest BCUT2D eigenvalue weighted by Gasteiger charge is -2.43. The highest BCUT2D eigenvalue weighted by atomic mass is 16.2. The van der Waals surface area contributed by atoms with Gasteiger partial charge >= 0.3 is 0 Å². The molecule has 1 fully saturated rings. The van der Waals surface area contributed by atoms with Crippen molar-refractivity contribution in [1.82, 2.24) is 15.1 Å². The first-order chi connectivity index (χ1) is 9.65. The van der Waals surface area contributed by atoms with E-state index in [0.29, 0.717) is 5.92 Å². The highest BCUT2D eigenvalue weighted by molar-refractivity contribution is 5.82. The molecule has 1 aliphatic heterocycles. The number of carbonyl (C=O) groups excluding carboxylic acids is 1. The lowest BCUT2D eigenvalue weighted by Crippen LogP contribution is -2.57. The van der Waals surface area contributed by atoms with Gasteiger partial charge in [0, 0.05) is 18.6 Å². The Labute approximate surface area is 131 Å². The Morgan fingerprint density at radius 3 is 2.48 bits per heavy atom. The summed E-state index contributed by atoms with van der Waals surface area (Å²) < 4.78 is 0. The third-order valence-corrected chi connectivity index (χ3v) is 4.66.